The van der Waals surface area contributed by atoms with Crippen LogP contribution in [0.25, 0.3) is 0 Å². The standard InChI is InChI=1S/C17H27N3O3S/c1-4-15(2)20(24(3,22)23)14-17(21)19-12-10-18(11-13-19)16-8-6-5-7-9-16/h5-9,15H,4,10-14H2,1-3H3. The Balaban J connectivity index is 1.95. The van der Waals surface area contributed by atoms with E-state index >= 15 is 0 Å². The topological polar surface area (TPSA) is 60.9 Å². The van der Waals surface area contributed by atoms with Crippen LogP contribution in [0.3, 0.4) is 0 Å². The van der Waals surface area contributed by atoms with Crippen molar-refractivity contribution in [3.63, 3.8) is 0 Å². The molecule has 134 valence electrons. The molecule has 1 aliphatic rings. The molecular weight excluding hydrogens is 326 g/mol. The lowest BCUT2D eigenvalue weighted by Gasteiger charge is -2.37. The summed E-state index contributed by atoms with van der Waals surface area (Å²) < 4.78 is 25.2. The molecule has 0 bridgehead atoms. The van der Waals surface area contributed by atoms with Crippen molar-refractivity contribution in [3.8, 4) is 0 Å². The van der Waals surface area contributed by atoms with Gasteiger partial charge >= 0.3 is 0 Å². The van der Waals surface area contributed by atoms with E-state index in [4.69, 9.17) is 0 Å². The second-order valence-electron chi connectivity index (χ2n) is 6.27. The van der Waals surface area contributed by atoms with E-state index in [0.29, 0.717) is 19.5 Å². The lowest BCUT2D eigenvalue weighted by molar-refractivity contribution is -0.132. The average Bonchev–Trinajstić information content (AvgIpc) is 2.58. The highest BCUT2D eigenvalue weighted by atomic mass is 32.2. The number of carbonyl (C=O) groups is 1. The SMILES string of the molecule is CCC(C)N(CC(=O)N1CCN(c2ccccc2)CC1)S(C)(=O)=O. The Kier molecular flexibility index (Phi) is 6.23. The summed E-state index contributed by atoms with van der Waals surface area (Å²) in [6.45, 7) is 6.44. The zero-order valence-corrected chi connectivity index (χ0v) is 15.5. The zero-order valence-electron chi connectivity index (χ0n) is 14.7. The number of carbonyl (C=O) groups excluding carboxylic acids is 1. The Morgan fingerprint density at radius 2 is 1.75 bits per heavy atom. The number of hydrogen-bond donors (Lipinski definition) is 0. The molecular formula is C17H27N3O3S. The fourth-order valence-corrected chi connectivity index (χ4v) is 4.04. The largest absolute Gasteiger partial charge is 0.368 e. The van der Waals surface area contributed by atoms with E-state index in [1.807, 2.05) is 32.0 Å². The Morgan fingerprint density at radius 3 is 2.25 bits per heavy atom. The number of anilines is 1. The molecule has 1 aromatic rings. The van der Waals surface area contributed by atoms with Crippen molar-refractivity contribution < 1.29 is 13.2 Å². The van der Waals surface area contributed by atoms with Gasteiger partial charge in [-0.15, -0.1) is 0 Å². The van der Waals surface area contributed by atoms with E-state index in [1.54, 1.807) is 4.90 Å². The highest BCUT2D eigenvalue weighted by molar-refractivity contribution is 7.88. The van der Waals surface area contributed by atoms with Crippen molar-refractivity contribution in [3.05, 3.63) is 30.3 Å². The molecule has 0 saturated carbocycles. The Bertz CT molecular complexity index is 640. The summed E-state index contributed by atoms with van der Waals surface area (Å²) >= 11 is 0. The van der Waals surface area contributed by atoms with Gasteiger partial charge in [0.15, 0.2) is 0 Å². The van der Waals surface area contributed by atoms with Crippen molar-refractivity contribution in [1.82, 2.24) is 9.21 Å². The van der Waals surface area contributed by atoms with Crippen LogP contribution in [-0.4, -0.2) is 68.6 Å². The minimum atomic E-state index is -3.39. The van der Waals surface area contributed by atoms with Gasteiger partial charge in [-0.3, -0.25) is 4.79 Å². The molecule has 1 saturated heterocycles. The molecule has 2 rings (SSSR count). The van der Waals surface area contributed by atoms with Crippen LogP contribution in [0, 0.1) is 0 Å². The molecule has 0 aromatic heterocycles. The summed E-state index contributed by atoms with van der Waals surface area (Å²) in [4.78, 5) is 16.5. The van der Waals surface area contributed by atoms with Crippen LogP contribution in [-0.2, 0) is 14.8 Å². The highest BCUT2D eigenvalue weighted by Gasteiger charge is 2.28. The Labute approximate surface area is 145 Å². The van der Waals surface area contributed by atoms with E-state index in [2.05, 4.69) is 17.0 Å². The third-order valence-electron chi connectivity index (χ3n) is 4.55. The quantitative estimate of drug-likeness (QED) is 0.775. The summed E-state index contributed by atoms with van der Waals surface area (Å²) in [5, 5.41) is 0. The number of amides is 1. The summed E-state index contributed by atoms with van der Waals surface area (Å²) in [7, 11) is -3.39. The Hall–Kier alpha value is -1.60. The van der Waals surface area contributed by atoms with E-state index in [1.165, 1.54) is 10.6 Å². The van der Waals surface area contributed by atoms with Gasteiger partial charge in [-0.05, 0) is 25.5 Å². The van der Waals surface area contributed by atoms with E-state index in [-0.39, 0.29) is 18.5 Å². The van der Waals surface area contributed by atoms with Crippen LogP contribution in [0.4, 0.5) is 5.69 Å². The van der Waals surface area contributed by atoms with Gasteiger partial charge in [-0.25, -0.2) is 8.42 Å². The van der Waals surface area contributed by atoms with Gasteiger partial charge in [0.1, 0.15) is 0 Å². The first-order chi connectivity index (χ1) is 11.3. The first kappa shape index (κ1) is 18.7. The third-order valence-corrected chi connectivity index (χ3v) is 5.89. The molecule has 6 nitrogen and oxygen atoms in total. The number of nitrogens with zero attached hydrogens (tertiary/aromatic N) is 3. The molecule has 1 aliphatic heterocycles. The minimum absolute atomic E-state index is 0.0703. The van der Waals surface area contributed by atoms with Gasteiger partial charge in [0, 0.05) is 37.9 Å². The molecule has 7 heteroatoms. The molecule has 1 unspecified atom stereocenters. The molecule has 0 N–H and O–H groups in total. The van der Waals surface area contributed by atoms with Crippen molar-refractivity contribution in [2.45, 2.75) is 26.3 Å². The van der Waals surface area contributed by atoms with Crippen LogP contribution in [0.1, 0.15) is 20.3 Å². The van der Waals surface area contributed by atoms with E-state index in [9.17, 15) is 13.2 Å². The van der Waals surface area contributed by atoms with Crippen molar-refractivity contribution >= 4 is 21.6 Å². The average molecular weight is 353 g/mol. The first-order valence-corrected chi connectivity index (χ1v) is 10.2. The molecule has 1 heterocycles. The van der Waals surface area contributed by atoms with Gasteiger partial charge in [0.05, 0.1) is 12.8 Å². The predicted molar refractivity (Wildman–Crippen MR) is 96.5 cm³/mol. The Morgan fingerprint density at radius 1 is 1.17 bits per heavy atom. The molecule has 1 fully saturated rings. The van der Waals surface area contributed by atoms with Crippen LogP contribution in [0.5, 0.6) is 0 Å². The van der Waals surface area contributed by atoms with Crippen LogP contribution < -0.4 is 4.90 Å². The monoisotopic (exact) mass is 353 g/mol. The minimum Gasteiger partial charge on any atom is -0.368 e. The molecule has 1 atom stereocenters. The van der Waals surface area contributed by atoms with Crippen molar-refractivity contribution in [2.24, 2.45) is 0 Å². The summed E-state index contributed by atoms with van der Waals surface area (Å²) in [6, 6.07) is 9.94. The number of sulfonamides is 1. The van der Waals surface area contributed by atoms with E-state index < -0.39 is 10.0 Å². The molecule has 24 heavy (non-hydrogen) atoms. The maximum Gasteiger partial charge on any atom is 0.238 e. The van der Waals surface area contributed by atoms with E-state index in [0.717, 1.165) is 18.8 Å². The highest BCUT2D eigenvalue weighted by Crippen LogP contribution is 2.16. The molecule has 1 aromatic carbocycles. The number of para-hydroxylation sites is 1. The van der Waals surface area contributed by atoms with Crippen molar-refractivity contribution in [2.75, 3.05) is 43.9 Å². The lowest BCUT2D eigenvalue weighted by atomic mass is 10.2. The first-order valence-electron chi connectivity index (χ1n) is 8.37. The normalized spacial score (nSPS) is 17.2. The number of benzene rings is 1. The smallest absolute Gasteiger partial charge is 0.238 e. The van der Waals surface area contributed by atoms with Gasteiger partial charge in [0.2, 0.25) is 15.9 Å². The summed E-state index contributed by atoms with van der Waals surface area (Å²) in [5.41, 5.74) is 1.15. The van der Waals surface area contributed by atoms with Crippen molar-refractivity contribution in [1.29, 1.82) is 0 Å². The molecule has 0 aliphatic carbocycles. The molecule has 0 spiro atoms. The van der Waals surface area contributed by atoms with Gasteiger partial charge in [0.25, 0.3) is 0 Å². The molecule has 0 radical (unpaired) electrons. The zero-order chi connectivity index (χ0) is 17.7. The predicted octanol–water partition coefficient (Wildman–Crippen LogP) is 1.40. The van der Waals surface area contributed by atoms with Gasteiger partial charge in [-0.2, -0.15) is 4.31 Å². The second-order valence-corrected chi connectivity index (χ2v) is 8.20. The van der Waals surface area contributed by atoms with Gasteiger partial charge < -0.3 is 9.80 Å². The fraction of sp³-hybridized carbons (Fsp3) is 0.588. The van der Waals surface area contributed by atoms with Crippen LogP contribution in [0.2, 0.25) is 0 Å². The number of rotatable bonds is 6. The fourth-order valence-electron chi connectivity index (χ4n) is 2.89. The second kappa shape index (κ2) is 7.98. The maximum absolute atomic E-state index is 12.5. The molecule has 1 amide bonds. The summed E-state index contributed by atoms with van der Waals surface area (Å²) in [6.07, 6.45) is 1.85. The number of piperazine rings is 1. The van der Waals surface area contributed by atoms with Crippen LogP contribution in [0.15, 0.2) is 30.3 Å². The van der Waals surface area contributed by atoms with Gasteiger partial charge in [-0.1, -0.05) is 25.1 Å². The van der Waals surface area contributed by atoms with Crippen LogP contribution >= 0.6 is 0 Å². The lowest BCUT2D eigenvalue weighted by Crippen LogP contribution is -2.52. The number of hydrogen-bond acceptors (Lipinski definition) is 4. The summed E-state index contributed by atoms with van der Waals surface area (Å²) in [5.74, 6) is -0.117. The third kappa shape index (κ3) is 4.70. The maximum atomic E-state index is 12.5.